The van der Waals surface area contributed by atoms with Crippen LogP contribution in [0.15, 0.2) is 30.6 Å². The van der Waals surface area contributed by atoms with Gasteiger partial charge in [0.1, 0.15) is 23.8 Å². The van der Waals surface area contributed by atoms with Gasteiger partial charge < -0.3 is 20.6 Å². The van der Waals surface area contributed by atoms with Crippen LogP contribution in [0.5, 0.6) is 0 Å². The minimum absolute atomic E-state index is 0.0408. The smallest absolute Gasteiger partial charge is 0.306 e. The van der Waals surface area contributed by atoms with Gasteiger partial charge in [-0.25, -0.2) is 14.4 Å². The lowest BCUT2D eigenvalue weighted by atomic mass is 9.97. The Morgan fingerprint density at radius 1 is 1.26 bits per heavy atom. The van der Waals surface area contributed by atoms with Crippen molar-refractivity contribution in [2.75, 3.05) is 36.8 Å². The lowest BCUT2D eigenvalue weighted by Gasteiger charge is -2.29. The van der Waals surface area contributed by atoms with Crippen molar-refractivity contribution >= 4 is 34.9 Å². The molecule has 1 fully saturated rings. The molecule has 1 aromatic heterocycles. The Labute approximate surface area is 161 Å². The van der Waals surface area contributed by atoms with Gasteiger partial charge in [0, 0.05) is 24.8 Å². The number of piperidine rings is 1. The largest absolute Gasteiger partial charge is 0.481 e. The number of nitrogens with one attached hydrogen (secondary N) is 2. The number of rotatable bonds is 7. The number of carboxylic acid groups (broad SMARTS) is 1. The van der Waals surface area contributed by atoms with Gasteiger partial charge in [-0.15, -0.1) is 0 Å². The van der Waals surface area contributed by atoms with Gasteiger partial charge in [-0.1, -0.05) is 11.6 Å². The molecule has 0 saturated carbocycles. The summed E-state index contributed by atoms with van der Waals surface area (Å²) in [6.45, 7) is 3.09. The molecular weight excluding hydrogens is 373 g/mol. The van der Waals surface area contributed by atoms with Crippen LogP contribution in [0, 0.1) is 11.7 Å². The minimum atomic E-state index is -0.698. The van der Waals surface area contributed by atoms with E-state index in [4.69, 9.17) is 16.7 Å². The van der Waals surface area contributed by atoms with E-state index in [1.807, 2.05) is 0 Å². The van der Waals surface area contributed by atoms with Crippen LogP contribution in [-0.2, 0) is 4.79 Å². The normalized spacial score (nSPS) is 15.5. The summed E-state index contributed by atoms with van der Waals surface area (Å²) < 4.78 is 13.2. The van der Waals surface area contributed by atoms with Gasteiger partial charge >= 0.3 is 5.97 Å². The molecule has 7 nitrogen and oxygen atoms in total. The zero-order chi connectivity index (χ0) is 19.2. The molecule has 0 unspecified atom stereocenters. The molecule has 0 atom stereocenters. The SMILES string of the molecule is O=C(O)C1CCN(CCNc2cc(Nc3ccc(F)c(Cl)c3)ncn2)CC1. The first-order valence-electron chi connectivity index (χ1n) is 8.74. The van der Waals surface area contributed by atoms with Crippen LogP contribution in [0.4, 0.5) is 21.7 Å². The Bertz CT molecular complexity index is 799. The predicted octanol–water partition coefficient (Wildman–Crippen LogP) is 3.22. The monoisotopic (exact) mass is 393 g/mol. The summed E-state index contributed by atoms with van der Waals surface area (Å²) in [6, 6.07) is 6.12. The standard InChI is InChI=1S/C18H21ClFN5O2/c19-14-9-13(1-2-15(14)20)24-17-10-16(22-11-23-17)21-5-8-25-6-3-12(4-7-25)18(26)27/h1-2,9-12H,3-8H2,(H,26,27)(H2,21,22,23,24). The highest BCUT2D eigenvalue weighted by Crippen LogP contribution is 2.22. The van der Waals surface area contributed by atoms with Gasteiger partial charge in [-0.3, -0.25) is 4.79 Å². The van der Waals surface area contributed by atoms with Gasteiger partial charge in [0.05, 0.1) is 10.9 Å². The second kappa shape index (κ2) is 8.96. The maximum absolute atomic E-state index is 13.2. The third-order valence-electron chi connectivity index (χ3n) is 4.53. The summed E-state index contributed by atoms with van der Waals surface area (Å²) in [7, 11) is 0. The Hall–Kier alpha value is -2.45. The highest BCUT2D eigenvalue weighted by atomic mass is 35.5. The van der Waals surface area contributed by atoms with Gasteiger partial charge in [-0.05, 0) is 44.1 Å². The van der Waals surface area contributed by atoms with Crippen molar-refractivity contribution < 1.29 is 14.3 Å². The molecule has 0 radical (unpaired) electrons. The van der Waals surface area contributed by atoms with Crippen molar-refractivity contribution in [1.82, 2.24) is 14.9 Å². The van der Waals surface area contributed by atoms with Crippen molar-refractivity contribution in [3.05, 3.63) is 41.4 Å². The number of aliphatic carboxylic acids is 1. The molecule has 2 aromatic rings. The first-order chi connectivity index (χ1) is 13.0. The third kappa shape index (κ3) is 5.51. The second-order valence-corrected chi connectivity index (χ2v) is 6.83. The van der Waals surface area contributed by atoms with Crippen LogP contribution in [0.2, 0.25) is 5.02 Å². The Balaban J connectivity index is 1.48. The van der Waals surface area contributed by atoms with Crippen molar-refractivity contribution in [3.63, 3.8) is 0 Å². The number of halogens is 2. The first kappa shape index (κ1) is 19.3. The molecule has 0 aliphatic carbocycles. The summed E-state index contributed by atoms with van der Waals surface area (Å²) in [5.74, 6) is -0.154. The number of aromatic nitrogens is 2. The van der Waals surface area contributed by atoms with Crippen molar-refractivity contribution in [1.29, 1.82) is 0 Å². The molecule has 1 aliphatic heterocycles. The average molecular weight is 394 g/mol. The predicted molar refractivity (Wildman–Crippen MR) is 102 cm³/mol. The number of likely N-dealkylation sites (tertiary alicyclic amines) is 1. The molecule has 0 bridgehead atoms. The molecule has 3 rings (SSSR count). The van der Waals surface area contributed by atoms with E-state index >= 15 is 0 Å². The number of nitrogens with zero attached hydrogens (tertiary/aromatic N) is 3. The maximum atomic E-state index is 13.2. The zero-order valence-corrected chi connectivity index (χ0v) is 15.4. The van der Waals surface area contributed by atoms with E-state index < -0.39 is 11.8 Å². The lowest BCUT2D eigenvalue weighted by molar-refractivity contribution is -0.143. The molecule has 1 aliphatic rings. The van der Waals surface area contributed by atoms with Crippen LogP contribution >= 0.6 is 11.6 Å². The van der Waals surface area contributed by atoms with E-state index in [0.29, 0.717) is 36.7 Å². The molecular formula is C18H21ClFN5O2. The van der Waals surface area contributed by atoms with E-state index in [1.165, 1.54) is 18.5 Å². The lowest BCUT2D eigenvalue weighted by Crippen LogP contribution is -2.38. The van der Waals surface area contributed by atoms with E-state index in [0.717, 1.165) is 19.6 Å². The Kier molecular flexibility index (Phi) is 6.41. The molecule has 0 amide bonds. The molecule has 144 valence electrons. The van der Waals surface area contributed by atoms with E-state index in [1.54, 1.807) is 12.1 Å². The summed E-state index contributed by atoms with van der Waals surface area (Å²) in [5.41, 5.74) is 0.632. The number of carboxylic acids is 1. The molecule has 1 saturated heterocycles. The molecule has 9 heteroatoms. The number of carbonyl (C=O) groups is 1. The van der Waals surface area contributed by atoms with Crippen LogP contribution in [0.1, 0.15) is 12.8 Å². The van der Waals surface area contributed by atoms with Crippen LogP contribution in [0.3, 0.4) is 0 Å². The first-order valence-corrected chi connectivity index (χ1v) is 9.12. The summed E-state index contributed by atoms with van der Waals surface area (Å²) >= 11 is 5.78. The van der Waals surface area contributed by atoms with Crippen molar-refractivity contribution in [3.8, 4) is 0 Å². The van der Waals surface area contributed by atoms with Crippen LogP contribution in [-0.4, -0.2) is 52.1 Å². The summed E-state index contributed by atoms with van der Waals surface area (Å²) in [5, 5.41) is 15.4. The van der Waals surface area contributed by atoms with E-state index in [9.17, 15) is 9.18 Å². The molecule has 0 spiro atoms. The number of hydrogen-bond donors (Lipinski definition) is 3. The maximum Gasteiger partial charge on any atom is 0.306 e. The molecule has 3 N–H and O–H groups in total. The fraction of sp³-hybridized carbons (Fsp3) is 0.389. The van der Waals surface area contributed by atoms with Crippen LogP contribution < -0.4 is 10.6 Å². The number of benzene rings is 1. The van der Waals surface area contributed by atoms with E-state index in [2.05, 4.69) is 25.5 Å². The zero-order valence-electron chi connectivity index (χ0n) is 14.7. The molecule has 2 heterocycles. The highest BCUT2D eigenvalue weighted by Gasteiger charge is 2.23. The van der Waals surface area contributed by atoms with Crippen molar-refractivity contribution in [2.24, 2.45) is 5.92 Å². The average Bonchev–Trinajstić information content (AvgIpc) is 2.65. The number of anilines is 3. The molecule has 1 aromatic carbocycles. The second-order valence-electron chi connectivity index (χ2n) is 6.42. The Morgan fingerprint density at radius 2 is 2.00 bits per heavy atom. The van der Waals surface area contributed by atoms with Gasteiger partial charge in [0.15, 0.2) is 0 Å². The molecule has 27 heavy (non-hydrogen) atoms. The topological polar surface area (TPSA) is 90.4 Å². The third-order valence-corrected chi connectivity index (χ3v) is 4.82. The highest BCUT2D eigenvalue weighted by molar-refractivity contribution is 6.31. The minimum Gasteiger partial charge on any atom is -0.481 e. The van der Waals surface area contributed by atoms with E-state index in [-0.39, 0.29) is 10.9 Å². The van der Waals surface area contributed by atoms with Gasteiger partial charge in [0.2, 0.25) is 0 Å². The van der Waals surface area contributed by atoms with Crippen LogP contribution in [0.25, 0.3) is 0 Å². The van der Waals surface area contributed by atoms with Crippen molar-refractivity contribution in [2.45, 2.75) is 12.8 Å². The number of hydrogen-bond acceptors (Lipinski definition) is 6. The fourth-order valence-corrected chi connectivity index (χ4v) is 3.17. The quantitative estimate of drug-likeness (QED) is 0.665. The fourth-order valence-electron chi connectivity index (χ4n) is 2.99. The Morgan fingerprint density at radius 3 is 2.70 bits per heavy atom. The summed E-state index contributed by atoms with van der Waals surface area (Å²) in [6.07, 6.45) is 2.82. The summed E-state index contributed by atoms with van der Waals surface area (Å²) in [4.78, 5) is 21.6. The van der Waals surface area contributed by atoms with Gasteiger partial charge in [0.25, 0.3) is 0 Å². The van der Waals surface area contributed by atoms with Gasteiger partial charge in [-0.2, -0.15) is 0 Å².